The van der Waals surface area contributed by atoms with E-state index in [1.807, 2.05) is 30.4 Å². The molecule has 32 heavy (non-hydrogen) atoms. The van der Waals surface area contributed by atoms with Crippen LogP contribution in [0.3, 0.4) is 0 Å². The van der Waals surface area contributed by atoms with Gasteiger partial charge >= 0.3 is 6.09 Å². The molecule has 0 spiro atoms. The Balaban J connectivity index is 2.37. The monoisotopic (exact) mass is 469 g/mol. The molecule has 1 aliphatic rings. The first kappa shape index (κ1) is 28.1. The summed E-state index contributed by atoms with van der Waals surface area (Å²) in [6, 6.07) is 0. The highest BCUT2D eigenvalue weighted by atomic mass is 32.2. The zero-order valence-electron chi connectivity index (χ0n) is 19.7. The number of nitrogens with one attached hydrogen (secondary N) is 1. The maximum Gasteiger partial charge on any atom is 0.420 e. The molecule has 0 saturated heterocycles. The van der Waals surface area contributed by atoms with Crippen molar-refractivity contribution in [2.24, 2.45) is 17.3 Å². The number of carbonyl (C=O) groups is 2. The first-order valence-electron chi connectivity index (χ1n) is 11.3. The normalized spacial score (nSPS) is 20.3. The van der Waals surface area contributed by atoms with Gasteiger partial charge in [-0.1, -0.05) is 64.0 Å². The number of hydrogen-bond acceptors (Lipinski definition) is 6. The number of aliphatic hydroxyl groups is 1. The Kier molecular flexibility index (Phi) is 11.9. The van der Waals surface area contributed by atoms with E-state index < -0.39 is 22.2 Å². The minimum atomic E-state index is -3.60. The number of allylic oxidation sites excluding steroid dienone is 5. The number of ether oxygens (including phenoxy) is 1. The Labute approximate surface area is 193 Å². The summed E-state index contributed by atoms with van der Waals surface area (Å²) in [5.74, 6) is -0.0451. The molecule has 0 fully saturated rings. The molecule has 0 aromatic carbocycles. The summed E-state index contributed by atoms with van der Waals surface area (Å²) in [5, 5.41) is 10.5. The van der Waals surface area contributed by atoms with Gasteiger partial charge in [0, 0.05) is 11.8 Å². The van der Waals surface area contributed by atoms with Crippen LogP contribution in [-0.2, 0) is 19.6 Å². The summed E-state index contributed by atoms with van der Waals surface area (Å²) in [6.45, 7) is 6.41. The Bertz CT molecular complexity index is 797. The van der Waals surface area contributed by atoms with E-state index in [0.29, 0.717) is 12.8 Å². The SMILES string of the molecule is CCCCC(C)(C)[C@H](O)/C=C/[C@H]1C=CC(=O)[C@@H]1C/C=C\CCCCOC(=O)NS(C)(=O)=O. The van der Waals surface area contributed by atoms with E-state index in [9.17, 15) is 23.1 Å². The third-order valence-corrected chi connectivity index (χ3v) is 6.16. The quantitative estimate of drug-likeness (QED) is 0.290. The lowest BCUT2D eigenvalue weighted by Crippen LogP contribution is -2.30. The van der Waals surface area contributed by atoms with E-state index in [1.54, 1.807) is 10.8 Å². The number of carbonyl (C=O) groups excluding carboxylic acids is 2. The number of amides is 1. The van der Waals surface area contributed by atoms with E-state index in [2.05, 4.69) is 20.8 Å². The summed E-state index contributed by atoms with van der Waals surface area (Å²) < 4.78 is 28.3. The molecule has 0 aromatic heterocycles. The van der Waals surface area contributed by atoms with Gasteiger partial charge in [0.15, 0.2) is 5.78 Å². The zero-order chi connectivity index (χ0) is 24.2. The molecule has 2 N–H and O–H groups in total. The van der Waals surface area contributed by atoms with Crippen molar-refractivity contribution in [1.82, 2.24) is 4.72 Å². The van der Waals surface area contributed by atoms with Crippen molar-refractivity contribution in [1.29, 1.82) is 0 Å². The third kappa shape index (κ3) is 11.1. The van der Waals surface area contributed by atoms with E-state index in [0.717, 1.165) is 38.4 Å². The second kappa shape index (κ2) is 13.6. The minimum Gasteiger partial charge on any atom is -0.449 e. The van der Waals surface area contributed by atoms with Crippen molar-refractivity contribution in [3.8, 4) is 0 Å². The molecule has 0 radical (unpaired) electrons. The topological polar surface area (TPSA) is 110 Å². The highest BCUT2D eigenvalue weighted by molar-refractivity contribution is 7.89. The molecule has 182 valence electrons. The van der Waals surface area contributed by atoms with Gasteiger partial charge in [0.1, 0.15) is 0 Å². The molecule has 0 aliphatic heterocycles. The minimum absolute atomic E-state index is 0.00877. The Hall–Kier alpha value is -1.93. The van der Waals surface area contributed by atoms with Crippen molar-refractivity contribution in [3.05, 3.63) is 36.5 Å². The smallest absolute Gasteiger partial charge is 0.420 e. The van der Waals surface area contributed by atoms with Crippen LogP contribution in [0, 0.1) is 17.3 Å². The fourth-order valence-electron chi connectivity index (χ4n) is 3.47. The van der Waals surface area contributed by atoms with Gasteiger partial charge in [-0.3, -0.25) is 4.79 Å². The first-order valence-corrected chi connectivity index (χ1v) is 13.2. The average molecular weight is 470 g/mol. The van der Waals surface area contributed by atoms with Crippen LogP contribution in [0.2, 0.25) is 0 Å². The van der Waals surface area contributed by atoms with Gasteiger partial charge in [0.05, 0.1) is 19.0 Å². The molecular formula is C24H39NO6S. The lowest BCUT2D eigenvalue weighted by atomic mass is 9.80. The number of aliphatic hydroxyl groups excluding tert-OH is 1. The molecule has 1 amide bonds. The summed E-state index contributed by atoms with van der Waals surface area (Å²) in [7, 11) is -3.60. The van der Waals surface area contributed by atoms with Crippen LogP contribution >= 0.6 is 0 Å². The standard InChI is InChI=1S/C24H39NO6S/c1-5-6-17-24(2,3)22(27)16-14-19-13-15-21(26)20(19)12-10-8-7-9-11-18-31-23(28)25-32(4,29)30/h8,10,13-16,19-20,22,27H,5-7,9,11-12,17-18H2,1-4H3,(H,25,28)/b10-8-,16-14+/t19-,20-,22-/m1/s1. The number of unbranched alkanes of at least 4 members (excludes halogenated alkanes) is 3. The van der Waals surface area contributed by atoms with Crippen molar-refractivity contribution < 1.29 is 27.9 Å². The van der Waals surface area contributed by atoms with E-state index in [4.69, 9.17) is 4.74 Å². The lowest BCUT2D eigenvalue weighted by Gasteiger charge is -2.28. The maximum atomic E-state index is 12.2. The summed E-state index contributed by atoms with van der Waals surface area (Å²) in [6.07, 6.45) is 16.6. The van der Waals surface area contributed by atoms with Crippen LogP contribution < -0.4 is 4.72 Å². The summed E-state index contributed by atoms with van der Waals surface area (Å²) >= 11 is 0. The molecule has 1 aliphatic carbocycles. The number of ketones is 1. The van der Waals surface area contributed by atoms with Gasteiger partial charge in [-0.25, -0.2) is 17.9 Å². The fourth-order valence-corrected chi connectivity index (χ4v) is 3.83. The van der Waals surface area contributed by atoms with Gasteiger partial charge in [0.2, 0.25) is 10.0 Å². The van der Waals surface area contributed by atoms with Crippen LogP contribution in [0.5, 0.6) is 0 Å². The fraction of sp³-hybridized carbons (Fsp3) is 0.667. The number of rotatable bonds is 14. The predicted molar refractivity (Wildman–Crippen MR) is 127 cm³/mol. The average Bonchev–Trinajstić information content (AvgIpc) is 3.04. The lowest BCUT2D eigenvalue weighted by molar-refractivity contribution is -0.117. The predicted octanol–water partition coefficient (Wildman–Crippen LogP) is 4.29. The molecule has 0 aromatic rings. The molecule has 0 bridgehead atoms. The van der Waals surface area contributed by atoms with E-state index in [1.165, 1.54) is 0 Å². The van der Waals surface area contributed by atoms with Crippen LogP contribution in [0.15, 0.2) is 36.5 Å². The van der Waals surface area contributed by atoms with Crippen molar-refractivity contribution in [2.75, 3.05) is 12.9 Å². The van der Waals surface area contributed by atoms with E-state index in [-0.39, 0.29) is 29.6 Å². The molecular weight excluding hydrogens is 430 g/mol. The highest BCUT2D eigenvalue weighted by Gasteiger charge is 2.29. The maximum absolute atomic E-state index is 12.2. The van der Waals surface area contributed by atoms with Crippen molar-refractivity contribution >= 4 is 21.9 Å². The Morgan fingerprint density at radius 2 is 2.00 bits per heavy atom. The second-order valence-electron chi connectivity index (χ2n) is 9.08. The molecule has 0 unspecified atom stereocenters. The van der Waals surface area contributed by atoms with Crippen LogP contribution in [0.1, 0.15) is 65.7 Å². The van der Waals surface area contributed by atoms with Gasteiger partial charge in [-0.2, -0.15) is 0 Å². The first-order chi connectivity index (χ1) is 15.0. The second-order valence-corrected chi connectivity index (χ2v) is 10.8. The Morgan fingerprint density at radius 1 is 1.28 bits per heavy atom. The van der Waals surface area contributed by atoms with Crippen LogP contribution in [-0.4, -0.2) is 44.4 Å². The van der Waals surface area contributed by atoms with Crippen LogP contribution in [0.25, 0.3) is 0 Å². The molecule has 0 heterocycles. The highest BCUT2D eigenvalue weighted by Crippen LogP contribution is 2.31. The third-order valence-electron chi connectivity index (χ3n) is 5.63. The van der Waals surface area contributed by atoms with Gasteiger partial charge < -0.3 is 9.84 Å². The summed E-state index contributed by atoms with van der Waals surface area (Å²) in [4.78, 5) is 23.4. The van der Waals surface area contributed by atoms with Gasteiger partial charge in [-0.05, 0) is 43.6 Å². The zero-order valence-corrected chi connectivity index (χ0v) is 20.6. The van der Waals surface area contributed by atoms with Gasteiger partial charge in [-0.15, -0.1) is 0 Å². The molecule has 1 rings (SSSR count). The van der Waals surface area contributed by atoms with E-state index >= 15 is 0 Å². The molecule has 3 atom stereocenters. The van der Waals surface area contributed by atoms with Crippen molar-refractivity contribution in [2.45, 2.75) is 71.8 Å². The molecule has 7 nitrogen and oxygen atoms in total. The Morgan fingerprint density at radius 3 is 2.66 bits per heavy atom. The van der Waals surface area contributed by atoms with Crippen molar-refractivity contribution in [3.63, 3.8) is 0 Å². The largest absolute Gasteiger partial charge is 0.449 e. The summed E-state index contributed by atoms with van der Waals surface area (Å²) in [5.41, 5.74) is -0.191. The van der Waals surface area contributed by atoms with Crippen LogP contribution in [0.4, 0.5) is 4.79 Å². The van der Waals surface area contributed by atoms with Gasteiger partial charge in [0.25, 0.3) is 0 Å². The number of sulfonamides is 1. The molecule has 8 heteroatoms. The molecule has 0 saturated carbocycles. The number of hydrogen-bond donors (Lipinski definition) is 2.